The number of allylic oxidation sites excluding steroid dienone is 7. The van der Waals surface area contributed by atoms with Crippen LogP contribution in [0.3, 0.4) is 0 Å². The average Bonchev–Trinajstić information content (AvgIpc) is 2.70. The van der Waals surface area contributed by atoms with Gasteiger partial charge in [0, 0.05) is 5.92 Å². The Balaban J connectivity index is 3.04. The lowest BCUT2D eigenvalue weighted by atomic mass is 9.39. The first kappa shape index (κ1) is 29.0. The summed E-state index contributed by atoms with van der Waals surface area (Å²) in [7, 11) is 0. The lowest BCUT2D eigenvalue weighted by Crippen LogP contribution is -2.70. The van der Waals surface area contributed by atoms with E-state index in [0.29, 0.717) is 12.8 Å². The van der Waals surface area contributed by atoms with E-state index in [1.54, 1.807) is 27.7 Å². The van der Waals surface area contributed by atoms with Crippen molar-refractivity contribution in [2.75, 3.05) is 0 Å². The minimum Gasteiger partial charge on any atom is -0.510 e. The molecule has 0 saturated heterocycles. The predicted molar refractivity (Wildman–Crippen MR) is 140 cm³/mol. The molecule has 0 aliphatic heterocycles. The third-order valence-electron chi connectivity index (χ3n) is 7.87. The molecular formula is C30H44O5. The number of ketones is 3. The van der Waals surface area contributed by atoms with Crippen molar-refractivity contribution in [3.05, 3.63) is 46.8 Å². The van der Waals surface area contributed by atoms with Gasteiger partial charge in [-0.25, -0.2) is 0 Å². The van der Waals surface area contributed by atoms with E-state index < -0.39 is 45.1 Å². The highest BCUT2D eigenvalue weighted by atomic mass is 16.3. The summed E-state index contributed by atoms with van der Waals surface area (Å²) in [6, 6.07) is 0. The fourth-order valence-corrected chi connectivity index (χ4v) is 5.72. The Morgan fingerprint density at radius 3 is 2.09 bits per heavy atom. The van der Waals surface area contributed by atoms with E-state index >= 15 is 0 Å². The normalized spacial score (nSPS) is 28.5. The molecule has 1 saturated carbocycles. The van der Waals surface area contributed by atoms with Crippen molar-refractivity contribution in [2.24, 2.45) is 28.1 Å². The fraction of sp³-hybridized carbons (Fsp3) is 0.633. The number of rotatable bonds is 8. The molecule has 0 heterocycles. The molecule has 2 bridgehead atoms. The van der Waals surface area contributed by atoms with Crippen LogP contribution in [0.2, 0.25) is 0 Å². The highest BCUT2D eigenvalue weighted by Crippen LogP contribution is 2.65. The van der Waals surface area contributed by atoms with E-state index in [9.17, 15) is 24.6 Å². The molecule has 0 aromatic carbocycles. The van der Waals surface area contributed by atoms with Gasteiger partial charge in [-0.05, 0) is 78.2 Å². The van der Waals surface area contributed by atoms with Crippen LogP contribution in [0.4, 0.5) is 0 Å². The second-order valence-corrected chi connectivity index (χ2v) is 12.4. The van der Waals surface area contributed by atoms with E-state index in [0.717, 1.165) is 11.1 Å². The maximum absolute atomic E-state index is 14.5. The van der Waals surface area contributed by atoms with Gasteiger partial charge in [-0.3, -0.25) is 14.4 Å². The Bertz CT molecular complexity index is 1020. The van der Waals surface area contributed by atoms with Crippen LogP contribution in [0.15, 0.2) is 46.8 Å². The lowest BCUT2D eigenvalue weighted by molar-refractivity contribution is -0.177. The van der Waals surface area contributed by atoms with Crippen LogP contribution in [0.1, 0.15) is 88.5 Å². The molecule has 3 atom stereocenters. The molecule has 0 amide bonds. The number of Topliss-reactive ketones (excluding diaryl/α,β-unsaturated/α-hetero) is 3. The highest BCUT2D eigenvalue weighted by molar-refractivity contribution is 6.34. The molecule has 0 aromatic heterocycles. The molecule has 2 rings (SSSR count). The molecule has 2 aliphatic carbocycles. The second kappa shape index (κ2) is 9.65. The molecule has 194 valence electrons. The van der Waals surface area contributed by atoms with Crippen molar-refractivity contribution < 1.29 is 24.6 Å². The molecule has 2 N–H and O–H groups in total. The van der Waals surface area contributed by atoms with E-state index in [-0.39, 0.29) is 23.7 Å². The summed E-state index contributed by atoms with van der Waals surface area (Å²) in [6.07, 6.45) is 7.96. The SMILES string of the molecule is CC(C)=CCC1CC2(CC=C(C)C)C(=O)C(C(=O)C(C)C)(C(=O)C(C=CC(C)(C)O)=C2O)C1(C)C. The van der Waals surface area contributed by atoms with E-state index in [1.807, 2.05) is 47.6 Å². The first-order valence-corrected chi connectivity index (χ1v) is 12.6. The zero-order chi connectivity index (χ0) is 27.1. The van der Waals surface area contributed by atoms with Crippen LogP contribution in [-0.2, 0) is 14.4 Å². The Kier molecular flexibility index (Phi) is 7.98. The van der Waals surface area contributed by atoms with Crippen LogP contribution in [0.25, 0.3) is 0 Å². The molecule has 35 heavy (non-hydrogen) atoms. The maximum Gasteiger partial charge on any atom is 0.187 e. The summed E-state index contributed by atoms with van der Waals surface area (Å²) in [5.41, 5.74) is -3.46. The van der Waals surface area contributed by atoms with Gasteiger partial charge in [0.1, 0.15) is 5.76 Å². The van der Waals surface area contributed by atoms with Crippen LogP contribution in [0, 0.1) is 28.1 Å². The van der Waals surface area contributed by atoms with Crippen molar-refractivity contribution in [3.8, 4) is 0 Å². The fourth-order valence-electron chi connectivity index (χ4n) is 5.72. The zero-order valence-corrected chi connectivity index (χ0v) is 23.2. The number of carbonyl (C=O) groups is 3. The summed E-state index contributed by atoms with van der Waals surface area (Å²) < 4.78 is 0. The summed E-state index contributed by atoms with van der Waals surface area (Å²) >= 11 is 0. The van der Waals surface area contributed by atoms with Crippen LogP contribution in [0.5, 0.6) is 0 Å². The third kappa shape index (κ3) is 4.76. The summed E-state index contributed by atoms with van der Waals surface area (Å²) in [5.74, 6) is -2.56. The predicted octanol–water partition coefficient (Wildman–Crippen LogP) is 6.23. The molecule has 1 fully saturated rings. The Hall–Kier alpha value is -2.27. The summed E-state index contributed by atoms with van der Waals surface area (Å²) in [4.78, 5) is 42.9. The van der Waals surface area contributed by atoms with E-state index in [2.05, 4.69) is 6.08 Å². The Morgan fingerprint density at radius 1 is 1.09 bits per heavy atom. The smallest absolute Gasteiger partial charge is 0.187 e. The minimum absolute atomic E-state index is 0.0448. The van der Waals surface area contributed by atoms with E-state index in [4.69, 9.17) is 0 Å². The van der Waals surface area contributed by atoms with Gasteiger partial charge in [-0.1, -0.05) is 57.1 Å². The molecule has 3 unspecified atom stereocenters. The monoisotopic (exact) mass is 484 g/mol. The standard InChI is InChI=1S/C30H44O5/c1-18(2)11-12-21-17-29(16-13-19(3)4)24(32)22(14-15-27(7,8)35)25(33)30(26(29)34,28(21,9)10)23(31)20(5)6/h11,13-15,20-21,32,35H,12,16-17H2,1-10H3. The summed E-state index contributed by atoms with van der Waals surface area (Å²) in [6.45, 7) is 18.1. The van der Waals surface area contributed by atoms with Gasteiger partial charge in [0.15, 0.2) is 22.8 Å². The number of carbonyl (C=O) groups excluding carboxylic acids is 3. The number of aliphatic hydroxyl groups is 2. The molecule has 2 aliphatic rings. The summed E-state index contributed by atoms with van der Waals surface area (Å²) in [5, 5.41) is 21.9. The first-order chi connectivity index (χ1) is 15.9. The van der Waals surface area contributed by atoms with Gasteiger partial charge in [0.2, 0.25) is 0 Å². The Morgan fingerprint density at radius 2 is 1.63 bits per heavy atom. The third-order valence-corrected chi connectivity index (χ3v) is 7.87. The second-order valence-electron chi connectivity index (χ2n) is 12.4. The van der Waals surface area contributed by atoms with Crippen molar-refractivity contribution >= 4 is 17.3 Å². The van der Waals surface area contributed by atoms with Crippen molar-refractivity contribution in [3.63, 3.8) is 0 Å². The van der Waals surface area contributed by atoms with Crippen LogP contribution in [-0.4, -0.2) is 33.2 Å². The van der Waals surface area contributed by atoms with E-state index in [1.165, 1.54) is 12.2 Å². The molecule has 0 aromatic rings. The molecule has 0 spiro atoms. The number of hydrogen-bond donors (Lipinski definition) is 2. The van der Waals surface area contributed by atoms with Crippen molar-refractivity contribution in [2.45, 2.75) is 94.1 Å². The first-order valence-electron chi connectivity index (χ1n) is 12.6. The van der Waals surface area contributed by atoms with Crippen molar-refractivity contribution in [1.29, 1.82) is 0 Å². The quantitative estimate of drug-likeness (QED) is 0.314. The number of fused-ring (bicyclic) bond motifs is 2. The maximum atomic E-state index is 14.5. The van der Waals surface area contributed by atoms with Gasteiger partial charge in [-0.15, -0.1) is 0 Å². The van der Waals surface area contributed by atoms with Crippen LogP contribution < -0.4 is 0 Å². The van der Waals surface area contributed by atoms with Gasteiger partial charge in [0.25, 0.3) is 0 Å². The highest BCUT2D eigenvalue weighted by Gasteiger charge is 2.74. The molecule has 5 heteroatoms. The number of hydrogen-bond acceptors (Lipinski definition) is 5. The van der Waals surface area contributed by atoms with Crippen molar-refractivity contribution in [1.82, 2.24) is 0 Å². The Labute approximate surface area is 211 Å². The molecule has 0 radical (unpaired) electrons. The molecule has 5 nitrogen and oxygen atoms in total. The minimum atomic E-state index is -1.92. The lowest BCUT2D eigenvalue weighted by Gasteiger charge is -2.59. The van der Waals surface area contributed by atoms with Crippen LogP contribution >= 0.6 is 0 Å². The molecular weight excluding hydrogens is 440 g/mol. The number of aliphatic hydroxyl groups excluding tert-OH is 1. The largest absolute Gasteiger partial charge is 0.510 e. The van der Waals surface area contributed by atoms with Gasteiger partial charge < -0.3 is 10.2 Å². The van der Waals surface area contributed by atoms with Gasteiger partial charge in [0.05, 0.1) is 16.6 Å². The van der Waals surface area contributed by atoms with Gasteiger partial charge in [-0.2, -0.15) is 0 Å². The zero-order valence-electron chi connectivity index (χ0n) is 23.2. The average molecular weight is 485 g/mol. The topological polar surface area (TPSA) is 91.7 Å². The van der Waals surface area contributed by atoms with Gasteiger partial charge >= 0.3 is 0 Å².